The molecule has 0 unspecified atom stereocenters. The summed E-state index contributed by atoms with van der Waals surface area (Å²) in [7, 11) is -3.31. The van der Waals surface area contributed by atoms with Gasteiger partial charge < -0.3 is 4.98 Å². The lowest BCUT2D eigenvalue weighted by Crippen LogP contribution is -1.99. The smallest absolute Gasteiger partial charge is 0.225 e. The van der Waals surface area contributed by atoms with Crippen LogP contribution in [-0.4, -0.2) is 34.6 Å². The van der Waals surface area contributed by atoms with Crippen LogP contribution >= 0.6 is 0 Å². The van der Waals surface area contributed by atoms with E-state index >= 15 is 0 Å². The molecule has 2 aromatic heterocycles. The topological polar surface area (TPSA) is 88.6 Å². The second-order valence-corrected chi connectivity index (χ2v) is 4.88. The third-order valence-corrected chi connectivity index (χ3v) is 2.62. The lowest BCUT2D eigenvalue weighted by atomic mass is 10.4. The number of imidazole rings is 1. The molecule has 0 atom stereocenters. The number of nitrogens with zero attached hydrogens (tertiary/aromatic N) is 3. The second-order valence-electron chi connectivity index (χ2n) is 2.95. The molecule has 0 fully saturated rings. The van der Waals surface area contributed by atoms with E-state index in [2.05, 4.69) is 19.9 Å². The van der Waals surface area contributed by atoms with E-state index in [4.69, 9.17) is 0 Å². The minimum Gasteiger partial charge on any atom is -0.326 e. The molecule has 0 saturated carbocycles. The summed E-state index contributed by atoms with van der Waals surface area (Å²) >= 11 is 0. The average molecular weight is 224 g/mol. The van der Waals surface area contributed by atoms with Gasteiger partial charge in [-0.3, -0.25) is 0 Å². The maximum absolute atomic E-state index is 11.1. The highest BCUT2D eigenvalue weighted by molar-refractivity contribution is 7.90. The van der Waals surface area contributed by atoms with Gasteiger partial charge in [0.05, 0.1) is 6.20 Å². The van der Waals surface area contributed by atoms with Crippen LogP contribution < -0.4 is 0 Å². The molecule has 0 aliphatic carbocycles. The Morgan fingerprint density at radius 1 is 1.20 bits per heavy atom. The predicted molar refractivity (Wildman–Crippen MR) is 52.7 cm³/mol. The first-order valence-corrected chi connectivity index (χ1v) is 5.99. The first-order chi connectivity index (χ1) is 7.07. The number of nitrogens with one attached hydrogen (secondary N) is 1. The molecule has 6 nitrogen and oxygen atoms in total. The fraction of sp³-hybridized carbons (Fsp3) is 0.125. The highest BCUT2D eigenvalue weighted by Gasteiger charge is 2.13. The minimum atomic E-state index is -3.31. The van der Waals surface area contributed by atoms with Gasteiger partial charge in [-0.05, 0) is 6.07 Å². The molecule has 1 N–H and O–H groups in total. The number of hydrogen-bond acceptors (Lipinski definition) is 5. The standard InChI is InChI=1S/C8H8N4O2S/c1-15(13,14)8-11-5-6(12-8)7-9-3-2-4-10-7/h2-5H,1H3,(H,11,12). The van der Waals surface area contributed by atoms with E-state index in [9.17, 15) is 8.42 Å². The Morgan fingerprint density at radius 3 is 2.40 bits per heavy atom. The molecule has 0 saturated heterocycles. The molecule has 2 heterocycles. The summed E-state index contributed by atoms with van der Waals surface area (Å²) in [5.41, 5.74) is 0.482. The van der Waals surface area contributed by atoms with Gasteiger partial charge in [0.25, 0.3) is 0 Å². The van der Waals surface area contributed by atoms with Crippen molar-refractivity contribution in [1.29, 1.82) is 0 Å². The zero-order chi connectivity index (χ0) is 10.9. The van der Waals surface area contributed by atoms with Crippen molar-refractivity contribution in [3.63, 3.8) is 0 Å². The van der Waals surface area contributed by atoms with E-state index in [0.717, 1.165) is 6.26 Å². The largest absolute Gasteiger partial charge is 0.326 e. The van der Waals surface area contributed by atoms with Crippen LogP contribution in [0, 0.1) is 0 Å². The lowest BCUT2D eigenvalue weighted by Gasteiger charge is -1.93. The lowest BCUT2D eigenvalue weighted by molar-refractivity contribution is 0.595. The van der Waals surface area contributed by atoms with Crippen molar-refractivity contribution in [3.8, 4) is 11.5 Å². The van der Waals surface area contributed by atoms with Crippen molar-refractivity contribution in [1.82, 2.24) is 19.9 Å². The Labute approximate surface area is 86.3 Å². The first kappa shape index (κ1) is 9.78. The molecule has 0 aliphatic heterocycles. The third kappa shape index (κ3) is 2.01. The van der Waals surface area contributed by atoms with Crippen molar-refractivity contribution in [3.05, 3.63) is 24.7 Å². The number of hydrogen-bond donors (Lipinski definition) is 1. The normalized spacial score (nSPS) is 11.5. The molecule has 2 aromatic rings. The first-order valence-electron chi connectivity index (χ1n) is 4.10. The maximum atomic E-state index is 11.1. The molecule has 0 bridgehead atoms. The zero-order valence-electron chi connectivity index (χ0n) is 7.88. The van der Waals surface area contributed by atoms with Crippen LogP contribution in [0.1, 0.15) is 0 Å². The summed E-state index contributed by atoms with van der Waals surface area (Å²) < 4.78 is 22.3. The molecule has 78 valence electrons. The van der Waals surface area contributed by atoms with E-state index in [1.807, 2.05) is 0 Å². The van der Waals surface area contributed by atoms with E-state index in [1.165, 1.54) is 6.20 Å². The zero-order valence-corrected chi connectivity index (χ0v) is 8.69. The van der Waals surface area contributed by atoms with Crippen molar-refractivity contribution < 1.29 is 8.42 Å². The molecular weight excluding hydrogens is 216 g/mol. The number of H-pyrrole nitrogens is 1. The Hall–Kier alpha value is -1.76. The van der Waals surface area contributed by atoms with Crippen LogP contribution in [0.15, 0.2) is 29.8 Å². The maximum Gasteiger partial charge on any atom is 0.225 e. The Morgan fingerprint density at radius 2 is 1.87 bits per heavy atom. The number of aromatic amines is 1. The van der Waals surface area contributed by atoms with Gasteiger partial charge in [-0.2, -0.15) is 0 Å². The van der Waals surface area contributed by atoms with E-state index in [-0.39, 0.29) is 5.16 Å². The van der Waals surface area contributed by atoms with E-state index in [0.29, 0.717) is 11.5 Å². The second kappa shape index (κ2) is 3.43. The van der Waals surface area contributed by atoms with Crippen molar-refractivity contribution >= 4 is 9.84 Å². The predicted octanol–water partition coefficient (Wildman–Crippen LogP) is 0.270. The molecule has 0 amide bonds. The van der Waals surface area contributed by atoms with Crippen molar-refractivity contribution in [2.45, 2.75) is 5.16 Å². The van der Waals surface area contributed by atoms with Gasteiger partial charge in [-0.1, -0.05) is 0 Å². The van der Waals surface area contributed by atoms with Gasteiger partial charge >= 0.3 is 0 Å². The monoisotopic (exact) mass is 224 g/mol. The van der Waals surface area contributed by atoms with Gasteiger partial charge in [-0.25, -0.2) is 23.4 Å². The molecule has 0 radical (unpaired) electrons. The number of rotatable bonds is 2. The Kier molecular flexibility index (Phi) is 2.24. The van der Waals surface area contributed by atoms with Crippen molar-refractivity contribution in [2.24, 2.45) is 0 Å². The summed E-state index contributed by atoms with van der Waals surface area (Å²) in [4.78, 5) is 14.3. The molecular formula is C8H8N4O2S. The minimum absolute atomic E-state index is 0.0787. The highest BCUT2D eigenvalue weighted by atomic mass is 32.2. The molecule has 2 rings (SSSR count). The average Bonchev–Trinajstić information content (AvgIpc) is 2.67. The van der Waals surface area contributed by atoms with Crippen LogP contribution in [-0.2, 0) is 9.84 Å². The summed E-state index contributed by atoms with van der Waals surface area (Å²) in [6.45, 7) is 0. The van der Waals surface area contributed by atoms with E-state index < -0.39 is 9.84 Å². The highest BCUT2D eigenvalue weighted by Crippen LogP contribution is 2.12. The van der Waals surface area contributed by atoms with E-state index in [1.54, 1.807) is 18.5 Å². The van der Waals surface area contributed by atoms with Crippen molar-refractivity contribution in [2.75, 3.05) is 6.26 Å². The summed E-state index contributed by atoms with van der Waals surface area (Å²) in [5.74, 6) is 0.417. The van der Waals surface area contributed by atoms with Gasteiger partial charge in [0, 0.05) is 18.6 Å². The summed E-state index contributed by atoms with van der Waals surface area (Å²) in [5, 5.41) is -0.0787. The van der Waals surface area contributed by atoms with Gasteiger partial charge in [-0.15, -0.1) is 0 Å². The SMILES string of the molecule is CS(=O)(=O)c1ncc(-c2ncccn2)[nH]1. The fourth-order valence-corrected chi connectivity index (χ4v) is 1.58. The molecule has 7 heteroatoms. The number of aromatic nitrogens is 4. The summed E-state index contributed by atoms with van der Waals surface area (Å²) in [6, 6.07) is 1.68. The third-order valence-electron chi connectivity index (χ3n) is 1.71. The van der Waals surface area contributed by atoms with Crippen LogP contribution in [0.2, 0.25) is 0 Å². The summed E-state index contributed by atoms with van der Waals surface area (Å²) in [6.07, 6.45) is 5.62. The molecule has 0 aliphatic rings. The van der Waals surface area contributed by atoms with Crippen LogP contribution in [0.25, 0.3) is 11.5 Å². The Balaban J connectivity index is 2.46. The van der Waals surface area contributed by atoms with Crippen LogP contribution in [0.5, 0.6) is 0 Å². The quantitative estimate of drug-likeness (QED) is 0.791. The Bertz CT molecular complexity index is 561. The van der Waals surface area contributed by atoms with Gasteiger partial charge in [0.1, 0.15) is 5.69 Å². The van der Waals surface area contributed by atoms with Crippen LogP contribution in [0.4, 0.5) is 0 Å². The molecule has 0 aromatic carbocycles. The van der Waals surface area contributed by atoms with Gasteiger partial charge in [0.2, 0.25) is 15.0 Å². The van der Waals surface area contributed by atoms with Gasteiger partial charge in [0.15, 0.2) is 5.82 Å². The molecule has 0 spiro atoms. The van der Waals surface area contributed by atoms with Crippen LogP contribution in [0.3, 0.4) is 0 Å². The molecule has 15 heavy (non-hydrogen) atoms. The number of sulfone groups is 1. The fourth-order valence-electron chi connectivity index (χ4n) is 1.04.